The van der Waals surface area contributed by atoms with Crippen LogP contribution in [0.5, 0.6) is 5.75 Å². The van der Waals surface area contributed by atoms with E-state index in [-0.39, 0.29) is 6.42 Å². The Morgan fingerprint density at radius 2 is 2.06 bits per heavy atom. The number of carbonyl (C=O) groups is 1. The van der Waals surface area contributed by atoms with Crippen molar-refractivity contribution in [3.63, 3.8) is 0 Å². The van der Waals surface area contributed by atoms with Gasteiger partial charge < -0.3 is 9.84 Å². The molecule has 1 aliphatic carbocycles. The van der Waals surface area contributed by atoms with Crippen LogP contribution >= 0.6 is 0 Å². The number of carboxylic acids is 1. The average Bonchev–Trinajstić information content (AvgIpc) is 3.16. The highest BCUT2D eigenvalue weighted by atomic mass is 16.5. The molecule has 0 atom stereocenters. The minimum Gasteiger partial charge on any atom is -0.489 e. The van der Waals surface area contributed by atoms with Crippen LogP contribution in [0, 0.1) is 6.92 Å². The molecule has 0 radical (unpaired) electrons. The summed E-state index contributed by atoms with van der Waals surface area (Å²) in [6.07, 6.45) is 10.7. The van der Waals surface area contributed by atoms with Crippen molar-refractivity contribution >= 4 is 22.4 Å². The van der Waals surface area contributed by atoms with Gasteiger partial charge in [0.05, 0.1) is 18.5 Å². The molecule has 0 amide bonds. The Bertz CT molecular complexity index is 1180. The van der Waals surface area contributed by atoms with Crippen LogP contribution in [0.3, 0.4) is 0 Å². The fraction of sp³-hybridized carbons (Fsp3) is 0.231. The van der Waals surface area contributed by atoms with Crippen LogP contribution in [0.1, 0.15) is 36.0 Å². The van der Waals surface area contributed by atoms with E-state index < -0.39 is 5.97 Å². The first-order chi connectivity index (χ1) is 15.0. The SMILES string of the molecule is C=C(CC(=O)O)c1ccc(OCc2cc(C)c3nn(CC4=CC=CCC4)cc3c2)cc1. The number of aromatic nitrogens is 2. The average molecular weight is 415 g/mol. The van der Waals surface area contributed by atoms with E-state index in [1.165, 1.54) is 5.57 Å². The van der Waals surface area contributed by atoms with Crippen LogP contribution in [-0.4, -0.2) is 20.9 Å². The zero-order chi connectivity index (χ0) is 21.8. The lowest BCUT2D eigenvalue weighted by atomic mass is 10.0. The summed E-state index contributed by atoms with van der Waals surface area (Å²) in [5.41, 5.74) is 6.03. The number of nitrogens with zero attached hydrogens (tertiary/aromatic N) is 2. The summed E-state index contributed by atoms with van der Waals surface area (Å²) in [6, 6.07) is 11.6. The van der Waals surface area contributed by atoms with Crippen molar-refractivity contribution in [3.05, 3.63) is 89.7 Å². The quantitative estimate of drug-likeness (QED) is 0.514. The van der Waals surface area contributed by atoms with Crippen molar-refractivity contribution in [2.45, 2.75) is 39.3 Å². The summed E-state index contributed by atoms with van der Waals surface area (Å²) in [6.45, 7) is 7.18. The minimum absolute atomic E-state index is 0.0683. The van der Waals surface area contributed by atoms with Crippen molar-refractivity contribution in [1.82, 2.24) is 9.78 Å². The van der Waals surface area contributed by atoms with E-state index in [1.807, 2.05) is 28.9 Å². The molecule has 0 bridgehead atoms. The molecule has 4 rings (SSSR count). The number of aliphatic carboxylic acids is 1. The summed E-state index contributed by atoms with van der Waals surface area (Å²) < 4.78 is 7.97. The predicted molar refractivity (Wildman–Crippen MR) is 123 cm³/mol. The molecular weight excluding hydrogens is 388 g/mol. The van der Waals surface area contributed by atoms with Crippen LogP contribution in [0.4, 0.5) is 0 Å². The van der Waals surface area contributed by atoms with Gasteiger partial charge in [-0.3, -0.25) is 9.48 Å². The second-order valence-corrected chi connectivity index (χ2v) is 7.96. The summed E-state index contributed by atoms with van der Waals surface area (Å²) in [4.78, 5) is 10.8. The van der Waals surface area contributed by atoms with Gasteiger partial charge in [-0.05, 0) is 65.8 Å². The third-order valence-electron chi connectivity index (χ3n) is 5.40. The third-order valence-corrected chi connectivity index (χ3v) is 5.40. The van der Waals surface area contributed by atoms with Crippen molar-refractivity contribution in [2.75, 3.05) is 0 Å². The zero-order valence-corrected chi connectivity index (χ0v) is 17.7. The normalized spacial score (nSPS) is 13.3. The Labute approximate surface area is 182 Å². The van der Waals surface area contributed by atoms with E-state index >= 15 is 0 Å². The fourth-order valence-corrected chi connectivity index (χ4v) is 3.83. The van der Waals surface area contributed by atoms with Gasteiger partial charge in [0.2, 0.25) is 0 Å². The Morgan fingerprint density at radius 3 is 2.77 bits per heavy atom. The fourth-order valence-electron chi connectivity index (χ4n) is 3.83. The maximum absolute atomic E-state index is 10.8. The van der Waals surface area contributed by atoms with Crippen LogP contribution in [0.15, 0.2) is 73.0 Å². The Morgan fingerprint density at radius 1 is 1.26 bits per heavy atom. The first-order valence-corrected chi connectivity index (χ1v) is 10.4. The number of carboxylic acid groups (broad SMARTS) is 1. The highest BCUT2D eigenvalue weighted by Crippen LogP contribution is 2.24. The number of hydrogen-bond acceptors (Lipinski definition) is 3. The predicted octanol–water partition coefficient (Wildman–Crippen LogP) is 5.69. The minimum atomic E-state index is -0.883. The van der Waals surface area contributed by atoms with E-state index in [0.717, 1.165) is 52.7 Å². The molecule has 0 saturated carbocycles. The molecule has 0 aliphatic heterocycles. The lowest BCUT2D eigenvalue weighted by molar-refractivity contribution is -0.135. The molecule has 158 valence electrons. The standard InChI is InChI=1S/C26H26N2O3/c1-18(13-25(29)30)22-8-10-24(11-9-22)31-17-21-12-19(2)26-23(14-21)16-28(27-26)15-20-6-4-3-5-7-20/h3-4,6,8-12,14,16H,1,5,7,13,15,17H2,2H3,(H,29,30). The maximum Gasteiger partial charge on any atom is 0.307 e. The monoisotopic (exact) mass is 414 g/mol. The lowest BCUT2D eigenvalue weighted by Crippen LogP contribution is -2.02. The molecule has 5 nitrogen and oxygen atoms in total. The number of hydrogen-bond donors (Lipinski definition) is 1. The molecular formula is C26H26N2O3. The highest BCUT2D eigenvalue weighted by molar-refractivity contribution is 5.83. The summed E-state index contributed by atoms with van der Waals surface area (Å²) in [5, 5.41) is 14.8. The molecule has 0 saturated heterocycles. The van der Waals surface area contributed by atoms with Crippen molar-refractivity contribution in [1.29, 1.82) is 0 Å². The topological polar surface area (TPSA) is 64.3 Å². The van der Waals surface area contributed by atoms with Gasteiger partial charge in [-0.15, -0.1) is 0 Å². The number of aryl methyl sites for hydroxylation is 1. The molecule has 2 aromatic carbocycles. The Hall–Kier alpha value is -3.60. The van der Waals surface area contributed by atoms with Gasteiger partial charge in [-0.25, -0.2) is 0 Å². The van der Waals surface area contributed by atoms with Gasteiger partial charge in [0.15, 0.2) is 0 Å². The summed E-state index contributed by atoms with van der Waals surface area (Å²) in [5.74, 6) is -0.149. The number of rotatable bonds is 8. The Balaban J connectivity index is 1.43. The van der Waals surface area contributed by atoms with Crippen LogP contribution in [0.25, 0.3) is 16.5 Å². The largest absolute Gasteiger partial charge is 0.489 e. The second-order valence-electron chi connectivity index (χ2n) is 7.96. The van der Waals surface area contributed by atoms with Gasteiger partial charge in [-0.2, -0.15) is 5.10 Å². The number of ether oxygens (including phenoxy) is 1. The summed E-state index contributed by atoms with van der Waals surface area (Å²) >= 11 is 0. The lowest BCUT2D eigenvalue weighted by Gasteiger charge is -2.09. The molecule has 5 heteroatoms. The third kappa shape index (κ3) is 5.12. The van der Waals surface area contributed by atoms with Gasteiger partial charge in [-0.1, -0.05) is 43.0 Å². The van der Waals surface area contributed by atoms with E-state index in [9.17, 15) is 4.79 Å². The van der Waals surface area contributed by atoms with E-state index in [1.54, 1.807) is 0 Å². The highest BCUT2D eigenvalue weighted by Gasteiger charge is 2.09. The number of fused-ring (bicyclic) bond motifs is 1. The van der Waals surface area contributed by atoms with Crippen LogP contribution < -0.4 is 4.74 Å². The molecule has 0 fully saturated rings. The molecule has 1 heterocycles. The van der Waals surface area contributed by atoms with Gasteiger partial charge >= 0.3 is 5.97 Å². The molecule has 3 aromatic rings. The molecule has 0 unspecified atom stereocenters. The van der Waals surface area contributed by atoms with E-state index in [2.05, 4.69) is 50.1 Å². The second kappa shape index (κ2) is 9.04. The van der Waals surface area contributed by atoms with Crippen LogP contribution in [-0.2, 0) is 17.9 Å². The van der Waals surface area contributed by atoms with E-state index in [4.69, 9.17) is 14.9 Å². The molecule has 31 heavy (non-hydrogen) atoms. The Kier molecular flexibility index (Phi) is 6.03. The zero-order valence-electron chi connectivity index (χ0n) is 17.7. The maximum atomic E-state index is 10.8. The first-order valence-electron chi connectivity index (χ1n) is 10.4. The van der Waals surface area contributed by atoms with Crippen LogP contribution in [0.2, 0.25) is 0 Å². The summed E-state index contributed by atoms with van der Waals surface area (Å²) in [7, 11) is 0. The van der Waals surface area contributed by atoms with Crippen molar-refractivity contribution in [2.24, 2.45) is 0 Å². The molecule has 1 aliphatic rings. The van der Waals surface area contributed by atoms with Crippen molar-refractivity contribution < 1.29 is 14.6 Å². The first kappa shape index (κ1) is 20.7. The van der Waals surface area contributed by atoms with Crippen molar-refractivity contribution in [3.8, 4) is 5.75 Å². The number of allylic oxidation sites excluding steroid dienone is 4. The van der Waals surface area contributed by atoms with E-state index in [0.29, 0.717) is 12.2 Å². The van der Waals surface area contributed by atoms with Gasteiger partial charge in [0.1, 0.15) is 12.4 Å². The number of benzene rings is 2. The molecule has 1 aromatic heterocycles. The van der Waals surface area contributed by atoms with Gasteiger partial charge in [0.25, 0.3) is 0 Å². The van der Waals surface area contributed by atoms with Gasteiger partial charge in [0, 0.05) is 11.6 Å². The molecule has 0 spiro atoms. The smallest absolute Gasteiger partial charge is 0.307 e. The molecule has 1 N–H and O–H groups in total.